The van der Waals surface area contributed by atoms with Gasteiger partial charge in [0.1, 0.15) is 0 Å². The van der Waals surface area contributed by atoms with Gasteiger partial charge in [0, 0.05) is 12.1 Å². The minimum atomic E-state index is -3.42. The van der Waals surface area contributed by atoms with Crippen molar-refractivity contribution in [3.63, 3.8) is 0 Å². The van der Waals surface area contributed by atoms with Gasteiger partial charge >= 0.3 is 0 Å². The van der Waals surface area contributed by atoms with Crippen molar-refractivity contribution in [2.24, 2.45) is 5.92 Å². The second kappa shape index (κ2) is 7.97. The van der Waals surface area contributed by atoms with Gasteiger partial charge in [-0.1, -0.05) is 23.5 Å². The van der Waals surface area contributed by atoms with E-state index in [4.69, 9.17) is 4.74 Å². The first-order valence-corrected chi connectivity index (χ1v) is 12.4. The van der Waals surface area contributed by atoms with Crippen molar-refractivity contribution in [2.45, 2.75) is 31.8 Å². The minimum Gasteiger partial charge on any atom is -0.444 e. The Morgan fingerprint density at radius 2 is 1.90 bits per heavy atom. The molecule has 0 radical (unpaired) electrons. The van der Waals surface area contributed by atoms with E-state index in [-0.39, 0.29) is 11.9 Å². The lowest BCUT2D eigenvalue weighted by Crippen LogP contribution is -2.62. The summed E-state index contributed by atoms with van der Waals surface area (Å²) in [6, 6.07) is 10.8. The molecule has 5 rings (SSSR count). The number of hydrogen-bond acceptors (Lipinski definition) is 6. The first-order valence-electron chi connectivity index (χ1n) is 9.69. The molecule has 7 nitrogen and oxygen atoms in total. The van der Waals surface area contributed by atoms with Gasteiger partial charge in [0.15, 0.2) is 10.8 Å². The molecule has 0 unspecified atom stereocenters. The highest BCUT2D eigenvalue weighted by atomic mass is 32.2. The molecule has 0 aliphatic carbocycles. The number of carbonyl (C=O) groups excluding carboxylic acids is 1. The maximum atomic E-state index is 12.8. The van der Waals surface area contributed by atoms with Crippen molar-refractivity contribution in [2.75, 3.05) is 24.1 Å². The van der Waals surface area contributed by atoms with Crippen molar-refractivity contribution in [1.29, 1.82) is 0 Å². The van der Waals surface area contributed by atoms with E-state index in [1.807, 2.05) is 0 Å². The molecular weight excluding hydrogens is 410 g/mol. The van der Waals surface area contributed by atoms with Crippen molar-refractivity contribution in [3.8, 4) is 10.8 Å². The summed E-state index contributed by atoms with van der Waals surface area (Å²) in [5.41, 5.74) is 0.357. The van der Waals surface area contributed by atoms with E-state index in [2.05, 4.69) is 21.9 Å². The number of hydrogen-bond donors (Lipinski definition) is 2. The molecule has 4 heterocycles. The number of sulfonamides is 1. The third kappa shape index (κ3) is 4.57. The van der Waals surface area contributed by atoms with Gasteiger partial charge in [0.05, 0.1) is 16.8 Å². The molecule has 0 saturated carbocycles. The fourth-order valence-corrected chi connectivity index (χ4v) is 5.55. The quantitative estimate of drug-likeness (QED) is 0.728. The zero-order valence-electron chi connectivity index (χ0n) is 16.4. The van der Waals surface area contributed by atoms with Crippen LogP contribution in [0.5, 0.6) is 10.8 Å². The molecule has 2 bridgehead atoms. The van der Waals surface area contributed by atoms with Gasteiger partial charge < -0.3 is 10.1 Å². The Morgan fingerprint density at radius 1 is 1.17 bits per heavy atom. The Bertz CT molecular complexity index is 995. The van der Waals surface area contributed by atoms with Crippen LogP contribution < -0.4 is 14.8 Å². The molecule has 3 fully saturated rings. The van der Waals surface area contributed by atoms with Crippen LogP contribution >= 0.6 is 11.3 Å². The molecule has 2 N–H and O–H groups in total. The number of para-hydroxylation sites is 2. The molecule has 3 aliphatic rings. The van der Waals surface area contributed by atoms with Crippen LogP contribution in [0.15, 0.2) is 36.4 Å². The van der Waals surface area contributed by atoms with Crippen LogP contribution in [-0.4, -0.2) is 50.7 Å². The number of rotatable bonds is 6. The zero-order valence-corrected chi connectivity index (χ0v) is 18.1. The molecule has 1 amide bonds. The molecule has 29 heavy (non-hydrogen) atoms. The van der Waals surface area contributed by atoms with E-state index in [9.17, 15) is 13.2 Å². The summed E-state index contributed by atoms with van der Waals surface area (Å²) in [6.45, 7) is 4.43. The Kier molecular flexibility index (Phi) is 5.54. The second-order valence-corrected chi connectivity index (χ2v) is 10.5. The standard InChI is InChI=1S/C20H25N3O4S2/c1-13-19(14-9-11-23(13)12-10-14)21-20(24)17-7-8-18(28-17)27-16-6-4-3-5-15(16)22-29(2,25)26/h3-8,13-14,19,22H,9-12H2,1-2H3,(H,21,24)/t13-,19+/m1/s1. The summed E-state index contributed by atoms with van der Waals surface area (Å²) in [5.74, 6) is 0.847. The normalized spacial score (nSPS) is 26.1. The highest BCUT2D eigenvalue weighted by Crippen LogP contribution is 2.35. The van der Waals surface area contributed by atoms with E-state index in [1.54, 1.807) is 36.4 Å². The van der Waals surface area contributed by atoms with Crippen LogP contribution in [0.25, 0.3) is 0 Å². The summed E-state index contributed by atoms with van der Waals surface area (Å²) in [6.07, 6.45) is 3.36. The van der Waals surface area contributed by atoms with E-state index < -0.39 is 10.0 Å². The number of nitrogens with one attached hydrogen (secondary N) is 2. The average molecular weight is 436 g/mol. The van der Waals surface area contributed by atoms with Gasteiger partial charge in [-0.05, 0) is 63.0 Å². The number of amides is 1. The lowest BCUT2D eigenvalue weighted by atomic mass is 9.79. The first kappa shape index (κ1) is 20.2. The molecule has 3 saturated heterocycles. The van der Waals surface area contributed by atoms with Gasteiger partial charge in [-0.15, -0.1) is 0 Å². The number of nitrogens with zero attached hydrogens (tertiary/aromatic N) is 1. The van der Waals surface area contributed by atoms with Crippen LogP contribution in [0.2, 0.25) is 0 Å². The molecule has 1 aromatic heterocycles. The summed E-state index contributed by atoms with van der Waals surface area (Å²) >= 11 is 1.25. The Morgan fingerprint density at radius 3 is 2.59 bits per heavy atom. The van der Waals surface area contributed by atoms with Crippen LogP contribution in [0, 0.1) is 5.92 Å². The molecule has 156 valence electrons. The highest BCUT2D eigenvalue weighted by Gasteiger charge is 2.40. The van der Waals surface area contributed by atoms with Crippen LogP contribution in [0.3, 0.4) is 0 Å². The van der Waals surface area contributed by atoms with Crippen LogP contribution in [0.1, 0.15) is 29.4 Å². The Labute approximate surface area is 175 Å². The number of carbonyl (C=O) groups is 1. The van der Waals surface area contributed by atoms with Gasteiger partial charge in [-0.2, -0.15) is 0 Å². The summed E-state index contributed by atoms with van der Waals surface area (Å²) in [4.78, 5) is 15.8. The average Bonchev–Trinajstić information content (AvgIpc) is 3.14. The van der Waals surface area contributed by atoms with Crippen molar-refractivity contribution in [3.05, 3.63) is 41.3 Å². The fourth-order valence-electron chi connectivity index (χ4n) is 4.21. The predicted octanol–water partition coefficient (Wildman–Crippen LogP) is 3.12. The van der Waals surface area contributed by atoms with E-state index >= 15 is 0 Å². The number of benzene rings is 1. The maximum absolute atomic E-state index is 12.8. The molecule has 9 heteroatoms. The third-order valence-corrected chi connectivity index (χ3v) is 7.23. The van der Waals surface area contributed by atoms with E-state index in [0.29, 0.717) is 33.3 Å². The van der Waals surface area contributed by atoms with E-state index in [0.717, 1.165) is 32.2 Å². The Hall–Kier alpha value is -2.10. The van der Waals surface area contributed by atoms with E-state index in [1.165, 1.54) is 11.3 Å². The molecule has 2 aromatic rings. The van der Waals surface area contributed by atoms with Crippen molar-refractivity contribution < 1.29 is 17.9 Å². The largest absolute Gasteiger partial charge is 0.444 e. The number of ether oxygens (including phenoxy) is 1. The summed E-state index contributed by atoms with van der Waals surface area (Å²) < 4.78 is 31.4. The third-order valence-electron chi connectivity index (χ3n) is 5.67. The Balaban J connectivity index is 1.45. The zero-order chi connectivity index (χ0) is 20.6. The first-order chi connectivity index (χ1) is 13.8. The molecule has 0 spiro atoms. The molecule has 1 aromatic carbocycles. The molecular formula is C20H25N3O4S2. The van der Waals surface area contributed by atoms with Crippen LogP contribution in [-0.2, 0) is 10.0 Å². The van der Waals surface area contributed by atoms with Gasteiger partial charge in [0.25, 0.3) is 5.91 Å². The fraction of sp³-hybridized carbons (Fsp3) is 0.450. The van der Waals surface area contributed by atoms with Gasteiger partial charge in [0.2, 0.25) is 10.0 Å². The molecule has 2 atom stereocenters. The second-order valence-electron chi connectivity index (χ2n) is 7.70. The topological polar surface area (TPSA) is 87.7 Å². The summed E-state index contributed by atoms with van der Waals surface area (Å²) in [7, 11) is -3.42. The number of fused-ring (bicyclic) bond motifs is 3. The minimum absolute atomic E-state index is 0.0852. The predicted molar refractivity (Wildman–Crippen MR) is 114 cm³/mol. The monoisotopic (exact) mass is 435 g/mol. The van der Waals surface area contributed by atoms with Crippen molar-refractivity contribution >= 4 is 33.0 Å². The van der Waals surface area contributed by atoms with Crippen LogP contribution in [0.4, 0.5) is 5.69 Å². The summed E-state index contributed by atoms with van der Waals surface area (Å²) in [5, 5.41) is 3.75. The SMILES string of the molecule is C[C@@H]1[C@H](NC(=O)c2ccc(Oc3ccccc3NS(C)(=O)=O)s2)C2CCN1CC2. The molecule has 3 aliphatic heterocycles. The number of anilines is 1. The highest BCUT2D eigenvalue weighted by molar-refractivity contribution is 7.92. The van der Waals surface area contributed by atoms with Gasteiger partial charge in [-0.25, -0.2) is 8.42 Å². The number of piperidine rings is 3. The lowest BCUT2D eigenvalue weighted by molar-refractivity contribution is 0.0218. The number of thiophene rings is 1. The van der Waals surface area contributed by atoms with Gasteiger partial charge in [-0.3, -0.25) is 14.4 Å². The maximum Gasteiger partial charge on any atom is 0.261 e. The smallest absolute Gasteiger partial charge is 0.261 e. The lowest BCUT2D eigenvalue weighted by Gasteiger charge is -2.49. The van der Waals surface area contributed by atoms with Crippen molar-refractivity contribution in [1.82, 2.24) is 10.2 Å².